The maximum absolute atomic E-state index is 12.8. The van der Waals surface area contributed by atoms with Crippen molar-refractivity contribution >= 4 is 27.2 Å². The number of hydrogen-bond donors (Lipinski definition) is 0. The Balaban J connectivity index is 1.47. The van der Waals surface area contributed by atoms with Crippen LogP contribution in [-0.4, -0.2) is 47.9 Å². The maximum atomic E-state index is 12.8. The molecule has 4 rings (SSSR count). The van der Waals surface area contributed by atoms with Crippen molar-refractivity contribution in [1.29, 1.82) is 0 Å². The van der Waals surface area contributed by atoms with Crippen molar-refractivity contribution < 1.29 is 8.42 Å². The zero-order valence-corrected chi connectivity index (χ0v) is 15.8. The van der Waals surface area contributed by atoms with Crippen LogP contribution in [0.2, 0.25) is 0 Å². The number of aromatic nitrogens is 2. The predicted octanol–water partition coefficient (Wildman–Crippen LogP) is 2.67. The number of thiophene rings is 1. The lowest BCUT2D eigenvalue weighted by Crippen LogP contribution is -2.47. The van der Waals surface area contributed by atoms with Crippen LogP contribution in [0.5, 0.6) is 0 Å². The summed E-state index contributed by atoms with van der Waals surface area (Å²) in [6, 6.07) is 6.44. The molecular formula is C17H22N4O2S2. The van der Waals surface area contributed by atoms with Crippen LogP contribution in [0.25, 0.3) is 0 Å². The fraction of sp³-hybridized carbons (Fsp3) is 0.529. The Morgan fingerprint density at radius 2 is 1.84 bits per heavy atom. The first kappa shape index (κ1) is 16.9. The second kappa shape index (κ2) is 6.66. The molecule has 0 N–H and O–H groups in total. The molecule has 134 valence electrons. The van der Waals surface area contributed by atoms with Crippen molar-refractivity contribution in [3.63, 3.8) is 0 Å². The van der Waals surface area contributed by atoms with E-state index in [1.165, 1.54) is 24.2 Å². The van der Waals surface area contributed by atoms with E-state index in [4.69, 9.17) is 0 Å². The monoisotopic (exact) mass is 378 g/mol. The normalized spacial score (nSPS) is 19.9. The third-order valence-corrected chi connectivity index (χ3v) is 8.26. The van der Waals surface area contributed by atoms with Gasteiger partial charge in [-0.15, -0.1) is 11.3 Å². The molecule has 1 saturated heterocycles. The first-order valence-corrected chi connectivity index (χ1v) is 10.9. The molecule has 2 fully saturated rings. The molecule has 0 spiro atoms. The van der Waals surface area contributed by atoms with Gasteiger partial charge in [-0.25, -0.2) is 18.4 Å². The Labute approximate surface area is 152 Å². The maximum Gasteiger partial charge on any atom is 0.252 e. The van der Waals surface area contributed by atoms with Crippen molar-refractivity contribution in [3.05, 3.63) is 35.6 Å². The molecule has 2 aromatic heterocycles. The molecule has 0 bridgehead atoms. The number of aryl methyl sites for hydroxylation is 1. The molecule has 6 nitrogen and oxygen atoms in total. The highest BCUT2D eigenvalue weighted by Crippen LogP contribution is 2.36. The Morgan fingerprint density at radius 1 is 1.12 bits per heavy atom. The summed E-state index contributed by atoms with van der Waals surface area (Å²) in [4.78, 5) is 11.8. The molecule has 1 aliphatic carbocycles. The van der Waals surface area contributed by atoms with E-state index in [1.807, 2.05) is 19.1 Å². The molecule has 8 heteroatoms. The zero-order chi connectivity index (χ0) is 17.4. The minimum atomic E-state index is -3.35. The highest BCUT2D eigenvalue weighted by molar-refractivity contribution is 7.91. The number of piperidine rings is 1. The van der Waals surface area contributed by atoms with Crippen LogP contribution >= 0.6 is 11.3 Å². The third kappa shape index (κ3) is 3.43. The lowest BCUT2D eigenvalue weighted by atomic mass is 10.0. The van der Waals surface area contributed by atoms with Crippen molar-refractivity contribution in [1.82, 2.24) is 14.3 Å². The van der Waals surface area contributed by atoms with Gasteiger partial charge in [0.25, 0.3) is 10.0 Å². The van der Waals surface area contributed by atoms with E-state index in [0.29, 0.717) is 29.4 Å². The van der Waals surface area contributed by atoms with Crippen LogP contribution in [0.15, 0.2) is 34.9 Å². The van der Waals surface area contributed by atoms with E-state index < -0.39 is 10.0 Å². The standard InChI is InChI=1S/C17H22N4O2S2/c1-13-2-5-17(24-13)25(22,23)20-10-7-15(8-11-20)21(14-3-4-14)16-6-9-18-12-19-16/h2,5-6,9,12,14-15H,3-4,7-8,10-11H2,1H3. The van der Waals surface area contributed by atoms with Crippen molar-refractivity contribution in [2.45, 2.75) is 48.9 Å². The molecule has 0 radical (unpaired) electrons. The Bertz CT molecular complexity index is 825. The molecule has 1 aliphatic heterocycles. The van der Waals surface area contributed by atoms with Crippen LogP contribution in [0.3, 0.4) is 0 Å². The first-order chi connectivity index (χ1) is 12.1. The number of rotatable bonds is 5. The molecule has 3 heterocycles. The van der Waals surface area contributed by atoms with Crippen molar-refractivity contribution in [3.8, 4) is 0 Å². The summed E-state index contributed by atoms with van der Waals surface area (Å²) in [5.74, 6) is 0.965. The lowest BCUT2D eigenvalue weighted by molar-refractivity contribution is 0.308. The van der Waals surface area contributed by atoms with E-state index in [2.05, 4.69) is 14.9 Å². The summed E-state index contributed by atoms with van der Waals surface area (Å²) in [5.41, 5.74) is 0. The smallest absolute Gasteiger partial charge is 0.252 e. The molecule has 1 saturated carbocycles. The highest BCUT2D eigenvalue weighted by Gasteiger charge is 2.38. The molecule has 2 aliphatic rings. The van der Waals surface area contributed by atoms with Gasteiger partial charge in [0.1, 0.15) is 16.4 Å². The van der Waals surface area contributed by atoms with Crippen LogP contribution in [-0.2, 0) is 10.0 Å². The van der Waals surface area contributed by atoms with Gasteiger partial charge in [-0.1, -0.05) is 0 Å². The molecule has 25 heavy (non-hydrogen) atoms. The summed E-state index contributed by atoms with van der Waals surface area (Å²) in [5, 5.41) is 0. The number of hydrogen-bond acceptors (Lipinski definition) is 6. The second-order valence-electron chi connectivity index (χ2n) is 6.71. The van der Waals surface area contributed by atoms with E-state index in [0.717, 1.165) is 23.5 Å². The topological polar surface area (TPSA) is 66.4 Å². The van der Waals surface area contributed by atoms with Gasteiger partial charge in [0.05, 0.1) is 0 Å². The summed E-state index contributed by atoms with van der Waals surface area (Å²) in [6.45, 7) is 3.07. The van der Waals surface area contributed by atoms with Crippen LogP contribution < -0.4 is 4.90 Å². The van der Waals surface area contributed by atoms with E-state index in [-0.39, 0.29) is 0 Å². The van der Waals surface area contributed by atoms with E-state index >= 15 is 0 Å². The fourth-order valence-electron chi connectivity index (χ4n) is 3.50. The van der Waals surface area contributed by atoms with Gasteiger partial charge in [0.2, 0.25) is 0 Å². The number of sulfonamides is 1. The predicted molar refractivity (Wildman–Crippen MR) is 98.4 cm³/mol. The minimum absolute atomic E-state index is 0.346. The third-order valence-electron chi connectivity index (χ3n) is 4.90. The molecular weight excluding hydrogens is 356 g/mol. The van der Waals surface area contributed by atoms with E-state index in [1.54, 1.807) is 22.9 Å². The van der Waals surface area contributed by atoms with Crippen LogP contribution in [0.1, 0.15) is 30.6 Å². The van der Waals surface area contributed by atoms with Crippen molar-refractivity contribution in [2.75, 3.05) is 18.0 Å². The first-order valence-electron chi connectivity index (χ1n) is 8.66. The van der Waals surface area contributed by atoms with Gasteiger partial charge in [0, 0.05) is 36.2 Å². The van der Waals surface area contributed by atoms with Crippen LogP contribution in [0.4, 0.5) is 5.82 Å². The molecule has 0 atom stereocenters. The molecule has 2 aromatic rings. The highest BCUT2D eigenvalue weighted by atomic mass is 32.2. The van der Waals surface area contributed by atoms with Crippen molar-refractivity contribution in [2.24, 2.45) is 0 Å². The van der Waals surface area contributed by atoms with Crippen LogP contribution in [0, 0.1) is 6.92 Å². The molecule has 0 amide bonds. The second-order valence-corrected chi connectivity index (χ2v) is 10.2. The molecule has 0 aromatic carbocycles. The quantitative estimate of drug-likeness (QED) is 0.800. The average Bonchev–Trinajstić information content (AvgIpc) is 3.35. The summed E-state index contributed by atoms with van der Waals surface area (Å²) >= 11 is 1.35. The summed E-state index contributed by atoms with van der Waals surface area (Å²) in [6.07, 6.45) is 7.42. The zero-order valence-electron chi connectivity index (χ0n) is 14.2. The number of anilines is 1. The lowest BCUT2D eigenvalue weighted by Gasteiger charge is -2.38. The fourth-order valence-corrected chi connectivity index (χ4v) is 6.41. The van der Waals surface area contributed by atoms with Gasteiger partial charge in [0.15, 0.2) is 0 Å². The Morgan fingerprint density at radius 3 is 2.40 bits per heavy atom. The minimum Gasteiger partial charge on any atom is -0.350 e. The number of nitrogens with zero attached hydrogens (tertiary/aromatic N) is 4. The SMILES string of the molecule is Cc1ccc(S(=O)(=O)N2CCC(N(c3ccncn3)C3CC3)CC2)s1. The van der Waals surface area contributed by atoms with Gasteiger partial charge < -0.3 is 4.90 Å². The van der Waals surface area contributed by atoms with Gasteiger partial charge in [-0.3, -0.25) is 0 Å². The Kier molecular flexibility index (Phi) is 4.51. The Hall–Kier alpha value is -1.51. The largest absolute Gasteiger partial charge is 0.350 e. The molecule has 0 unspecified atom stereocenters. The van der Waals surface area contributed by atoms with Gasteiger partial charge in [-0.05, 0) is 50.8 Å². The average molecular weight is 379 g/mol. The van der Waals surface area contributed by atoms with E-state index in [9.17, 15) is 8.42 Å². The summed E-state index contributed by atoms with van der Waals surface area (Å²) < 4.78 is 27.7. The van der Waals surface area contributed by atoms with Gasteiger partial charge >= 0.3 is 0 Å². The summed E-state index contributed by atoms with van der Waals surface area (Å²) in [7, 11) is -3.35. The van der Waals surface area contributed by atoms with Gasteiger partial charge in [-0.2, -0.15) is 4.31 Å².